The number of alkyl halides is 3. The number of aryl methyl sites for hydroxylation is 1. The standard InChI is InChI=1S/C27H27F3N4O2/c1-18-13-21(20-5-8-24(31-15-20)33-11-9-32(2)10-12-33)14-22-17-34(26(35)25(18)22)16-19-3-6-23(7-4-19)36-27(28,29)30/h3-8,13-15H,9-12,16-17H2,1-2H3. The van der Waals surface area contributed by atoms with Crippen LogP contribution in [0.4, 0.5) is 19.0 Å². The van der Waals surface area contributed by atoms with Gasteiger partial charge in [0.1, 0.15) is 11.6 Å². The second-order valence-corrected chi connectivity index (χ2v) is 9.38. The van der Waals surface area contributed by atoms with E-state index in [1.165, 1.54) is 12.1 Å². The van der Waals surface area contributed by atoms with Crippen molar-refractivity contribution in [2.45, 2.75) is 26.4 Å². The lowest BCUT2D eigenvalue weighted by atomic mass is 9.97. The molecule has 2 aliphatic heterocycles. The summed E-state index contributed by atoms with van der Waals surface area (Å²) in [6.07, 6.45) is -2.85. The number of ether oxygens (including phenoxy) is 1. The predicted octanol–water partition coefficient (Wildman–Crippen LogP) is 4.86. The number of likely N-dealkylation sites (N-methyl/N-ethyl adjacent to an activating group) is 1. The molecule has 3 aromatic rings. The van der Waals surface area contributed by atoms with Gasteiger partial charge in [0.15, 0.2) is 0 Å². The van der Waals surface area contributed by atoms with Gasteiger partial charge in [-0.2, -0.15) is 0 Å². The number of aromatic nitrogens is 1. The number of nitrogens with zero attached hydrogens (tertiary/aromatic N) is 4. The third kappa shape index (κ3) is 5.16. The van der Waals surface area contributed by atoms with Gasteiger partial charge in [-0.25, -0.2) is 4.98 Å². The Kier molecular flexibility index (Phi) is 6.34. The van der Waals surface area contributed by atoms with E-state index in [-0.39, 0.29) is 11.7 Å². The minimum atomic E-state index is -4.73. The smallest absolute Gasteiger partial charge is 0.406 e. The van der Waals surface area contributed by atoms with Crippen molar-refractivity contribution in [1.29, 1.82) is 0 Å². The van der Waals surface area contributed by atoms with Gasteiger partial charge in [-0.15, -0.1) is 13.2 Å². The van der Waals surface area contributed by atoms with Crippen LogP contribution >= 0.6 is 0 Å². The highest BCUT2D eigenvalue weighted by molar-refractivity contribution is 6.00. The van der Waals surface area contributed by atoms with Crippen LogP contribution in [0, 0.1) is 6.92 Å². The number of pyridine rings is 1. The van der Waals surface area contributed by atoms with E-state index in [1.54, 1.807) is 17.0 Å². The normalized spacial score (nSPS) is 16.4. The molecule has 1 aromatic heterocycles. The maximum Gasteiger partial charge on any atom is 0.573 e. The number of piperazine rings is 1. The molecule has 3 heterocycles. The van der Waals surface area contributed by atoms with Crippen molar-refractivity contribution in [2.75, 3.05) is 38.1 Å². The summed E-state index contributed by atoms with van der Waals surface area (Å²) in [5.74, 6) is 0.612. The first-order valence-corrected chi connectivity index (χ1v) is 11.8. The molecule has 6 nitrogen and oxygen atoms in total. The van der Waals surface area contributed by atoms with Gasteiger partial charge in [0, 0.05) is 56.6 Å². The molecule has 0 unspecified atom stereocenters. The molecular formula is C27H27F3N4O2. The molecule has 2 aromatic carbocycles. The van der Waals surface area contributed by atoms with E-state index in [0.717, 1.165) is 59.8 Å². The van der Waals surface area contributed by atoms with E-state index in [0.29, 0.717) is 18.7 Å². The van der Waals surface area contributed by atoms with Gasteiger partial charge in [-0.1, -0.05) is 18.2 Å². The van der Waals surface area contributed by atoms with E-state index >= 15 is 0 Å². The highest BCUT2D eigenvalue weighted by atomic mass is 19.4. The molecule has 0 radical (unpaired) electrons. The van der Waals surface area contributed by atoms with Crippen LogP contribution in [-0.2, 0) is 13.1 Å². The van der Waals surface area contributed by atoms with Crippen LogP contribution in [-0.4, -0.2) is 60.3 Å². The van der Waals surface area contributed by atoms with Gasteiger partial charge in [0.05, 0.1) is 0 Å². The largest absolute Gasteiger partial charge is 0.573 e. The van der Waals surface area contributed by atoms with Gasteiger partial charge in [-0.05, 0) is 66.6 Å². The Bertz CT molecular complexity index is 1250. The van der Waals surface area contributed by atoms with E-state index in [9.17, 15) is 18.0 Å². The molecule has 0 bridgehead atoms. The summed E-state index contributed by atoms with van der Waals surface area (Å²) in [5.41, 5.74) is 5.25. The van der Waals surface area contributed by atoms with E-state index < -0.39 is 6.36 Å². The molecule has 9 heteroatoms. The fraction of sp³-hybridized carbons (Fsp3) is 0.333. The SMILES string of the molecule is Cc1cc(-c2ccc(N3CCN(C)CC3)nc2)cc2c1C(=O)N(Cc1ccc(OC(F)(F)F)cc1)C2. The molecule has 0 N–H and O–H groups in total. The van der Waals surface area contributed by atoms with Crippen molar-refractivity contribution in [2.24, 2.45) is 0 Å². The molecule has 0 saturated carbocycles. The summed E-state index contributed by atoms with van der Waals surface area (Å²) in [5, 5.41) is 0. The van der Waals surface area contributed by atoms with Crippen molar-refractivity contribution < 1.29 is 22.7 Å². The molecule has 2 aliphatic rings. The van der Waals surface area contributed by atoms with Gasteiger partial charge in [-0.3, -0.25) is 4.79 Å². The van der Waals surface area contributed by atoms with Crippen molar-refractivity contribution in [3.8, 4) is 16.9 Å². The highest BCUT2D eigenvalue weighted by Crippen LogP contribution is 2.33. The fourth-order valence-corrected chi connectivity index (χ4v) is 4.82. The topological polar surface area (TPSA) is 48.9 Å². The number of benzene rings is 2. The summed E-state index contributed by atoms with van der Waals surface area (Å²) in [4.78, 5) is 24.1. The molecule has 5 rings (SSSR count). The first kappa shape index (κ1) is 24.1. The number of rotatable bonds is 5. The third-order valence-electron chi connectivity index (χ3n) is 6.72. The van der Waals surface area contributed by atoms with Crippen molar-refractivity contribution in [3.05, 3.63) is 77.0 Å². The lowest BCUT2D eigenvalue weighted by Gasteiger charge is -2.33. The van der Waals surface area contributed by atoms with Crippen LogP contribution in [0.3, 0.4) is 0 Å². The average molecular weight is 497 g/mol. The minimum Gasteiger partial charge on any atom is -0.406 e. The summed E-state index contributed by atoms with van der Waals surface area (Å²) in [6, 6.07) is 13.8. The number of anilines is 1. The lowest BCUT2D eigenvalue weighted by molar-refractivity contribution is -0.274. The van der Waals surface area contributed by atoms with E-state index in [1.807, 2.05) is 31.3 Å². The lowest BCUT2D eigenvalue weighted by Crippen LogP contribution is -2.44. The van der Waals surface area contributed by atoms with Gasteiger partial charge < -0.3 is 19.4 Å². The molecule has 188 valence electrons. The Labute approximate surface area is 207 Å². The number of carbonyl (C=O) groups is 1. The zero-order chi connectivity index (χ0) is 25.4. The monoisotopic (exact) mass is 496 g/mol. The maximum atomic E-state index is 13.1. The number of amides is 1. The summed E-state index contributed by atoms with van der Waals surface area (Å²) >= 11 is 0. The quantitative estimate of drug-likeness (QED) is 0.505. The first-order valence-electron chi connectivity index (χ1n) is 11.8. The van der Waals surface area contributed by atoms with Crippen LogP contribution < -0.4 is 9.64 Å². The Balaban J connectivity index is 1.30. The summed E-state index contributed by atoms with van der Waals surface area (Å²) < 4.78 is 41.1. The Hall–Kier alpha value is -3.59. The number of halogens is 3. The molecule has 0 spiro atoms. The van der Waals surface area contributed by atoms with Crippen LogP contribution in [0.2, 0.25) is 0 Å². The zero-order valence-electron chi connectivity index (χ0n) is 20.2. The molecular weight excluding hydrogens is 469 g/mol. The first-order chi connectivity index (χ1) is 17.2. The molecule has 1 saturated heterocycles. The van der Waals surface area contributed by atoms with Gasteiger partial charge >= 0.3 is 6.36 Å². The number of fused-ring (bicyclic) bond motifs is 1. The molecule has 0 atom stereocenters. The second-order valence-electron chi connectivity index (χ2n) is 9.38. The van der Waals surface area contributed by atoms with Crippen LogP contribution in [0.5, 0.6) is 5.75 Å². The van der Waals surface area contributed by atoms with E-state index in [4.69, 9.17) is 4.98 Å². The fourth-order valence-electron chi connectivity index (χ4n) is 4.82. The van der Waals surface area contributed by atoms with Crippen molar-refractivity contribution in [1.82, 2.24) is 14.8 Å². The second kappa shape index (κ2) is 9.46. The minimum absolute atomic E-state index is 0.0757. The number of carbonyl (C=O) groups excluding carboxylic acids is 1. The number of hydrogen-bond acceptors (Lipinski definition) is 5. The van der Waals surface area contributed by atoms with Crippen LogP contribution in [0.1, 0.15) is 27.0 Å². The Morgan fingerprint density at radius 1 is 0.972 bits per heavy atom. The van der Waals surface area contributed by atoms with Gasteiger partial charge in [0.25, 0.3) is 5.91 Å². The van der Waals surface area contributed by atoms with Crippen molar-refractivity contribution in [3.63, 3.8) is 0 Å². The summed E-state index contributed by atoms with van der Waals surface area (Å²) in [6.45, 7) is 6.62. The summed E-state index contributed by atoms with van der Waals surface area (Å²) in [7, 11) is 2.12. The third-order valence-corrected chi connectivity index (χ3v) is 6.72. The predicted molar refractivity (Wildman–Crippen MR) is 131 cm³/mol. The Morgan fingerprint density at radius 2 is 1.69 bits per heavy atom. The zero-order valence-corrected chi connectivity index (χ0v) is 20.2. The molecule has 0 aliphatic carbocycles. The molecule has 1 amide bonds. The highest BCUT2D eigenvalue weighted by Gasteiger charge is 2.32. The Morgan fingerprint density at radius 3 is 2.33 bits per heavy atom. The molecule has 36 heavy (non-hydrogen) atoms. The van der Waals surface area contributed by atoms with Crippen LogP contribution in [0.25, 0.3) is 11.1 Å². The molecule has 1 fully saturated rings. The maximum absolute atomic E-state index is 13.1. The van der Waals surface area contributed by atoms with Crippen molar-refractivity contribution >= 4 is 11.7 Å². The van der Waals surface area contributed by atoms with Gasteiger partial charge in [0.2, 0.25) is 0 Å². The average Bonchev–Trinajstić information content (AvgIpc) is 3.15. The van der Waals surface area contributed by atoms with Crippen LogP contribution in [0.15, 0.2) is 54.7 Å². The number of hydrogen-bond donors (Lipinski definition) is 0. The van der Waals surface area contributed by atoms with E-state index in [2.05, 4.69) is 27.7 Å².